The molecule has 0 amide bonds. The van der Waals surface area contributed by atoms with Gasteiger partial charge in [-0.1, -0.05) is 13.8 Å². The van der Waals surface area contributed by atoms with Crippen molar-refractivity contribution in [3.8, 4) is 30.0 Å². The number of fused-ring (bicyclic) bond motifs is 1. The summed E-state index contributed by atoms with van der Waals surface area (Å²) in [5.41, 5.74) is 6.51. The predicted molar refractivity (Wildman–Crippen MR) is 132 cm³/mol. The Morgan fingerprint density at radius 1 is 1.15 bits per heavy atom. The third-order valence-electron chi connectivity index (χ3n) is 5.39. The summed E-state index contributed by atoms with van der Waals surface area (Å²) in [4.78, 5) is 9.56. The highest BCUT2D eigenvalue weighted by atomic mass is 19.2. The van der Waals surface area contributed by atoms with E-state index in [9.17, 15) is 8.78 Å². The Labute approximate surface area is 195 Å². The molecule has 0 aliphatic heterocycles. The van der Waals surface area contributed by atoms with Crippen LogP contribution in [0.3, 0.4) is 0 Å². The van der Waals surface area contributed by atoms with Crippen molar-refractivity contribution in [1.29, 1.82) is 0 Å². The van der Waals surface area contributed by atoms with Crippen LogP contribution in [-0.2, 0) is 6.54 Å². The number of methoxy groups -OCH3 is 1. The molecule has 0 saturated heterocycles. The van der Waals surface area contributed by atoms with Gasteiger partial charge in [-0.25, -0.2) is 18.7 Å². The quantitative estimate of drug-likeness (QED) is 0.294. The Bertz CT molecular complexity index is 1230. The van der Waals surface area contributed by atoms with E-state index in [1.165, 1.54) is 6.92 Å². The summed E-state index contributed by atoms with van der Waals surface area (Å²) < 4.78 is 35.3. The van der Waals surface area contributed by atoms with Gasteiger partial charge < -0.3 is 9.30 Å². The lowest BCUT2D eigenvalue weighted by Gasteiger charge is -2.13. The molecule has 0 unspecified atom stereocenters. The molecule has 0 saturated carbocycles. The SMILES string of the molecule is C#C.C/C=C(F)\C(F)=C(/C)Cn1cc(C)c2nc(-c3ccc(C(C)C)nc3OC)c(C)cc21. The number of hydrogen-bond acceptors (Lipinski definition) is 3. The number of aromatic nitrogens is 3. The molecule has 3 aromatic rings. The van der Waals surface area contributed by atoms with Gasteiger partial charge in [0.1, 0.15) is 0 Å². The molecule has 4 nitrogen and oxygen atoms in total. The monoisotopic (exact) mass is 451 g/mol. The highest BCUT2D eigenvalue weighted by Gasteiger charge is 2.18. The first-order valence-corrected chi connectivity index (χ1v) is 10.7. The molecule has 0 fully saturated rings. The molecule has 174 valence electrons. The third kappa shape index (κ3) is 5.31. The van der Waals surface area contributed by atoms with Crippen molar-refractivity contribution in [3.05, 3.63) is 64.5 Å². The first-order chi connectivity index (χ1) is 15.7. The van der Waals surface area contributed by atoms with Gasteiger partial charge in [-0.05, 0) is 74.6 Å². The Morgan fingerprint density at radius 2 is 1.82 bits per heavy atom. The molecule has 0 spiro atoms. The first kappa shape index (κ1) is 25.8. The van der Waals surface area contributed by atoms with Crippen LogP contribution < -0.4 is 4.74 Å². The van der Waals surface area contributed by atoms with Crippen LogP contribution in [0.2, 0.25) is 0 Å². The van der Waals surface area contributed by atoms with Gasteiger partial charge >= 0.3 is 0 Å². The summed E-state index contributed by atoms with van der Waals surface area (Å²) in [6.45, 7) is 11.4. The third-order valence-corrected chi connectivity index (χ3v) is 5.39. The summed E-state index contributed by atoms with van der Waals surface area (Å²) in [6.07, 6.45) is 11.0. The standard InChI is InChI=1S/C25H29F2N3O.C2H2/c1-8-19(26)22(27)16(5)12-30-13-17(6)24-21(30)11-15(4)23(29-24)18-9-10-20(14(2)3)28-25(18)31-7;1-2/h8-11,13-14H,12H2,1-7H3;1-2H/b19-8+,22-16-;. The van der Waals surface area contributed by atoms with E-state index in [2.05, 4.69) is 31.7 Å². The molecule has 3 heterocycles. The van der Waals surface area contributed by atoms with Crippen LogP contribution in [0.4, 0.5) is 8.78 Å². The Balaban J connectivity index is 0.00000187. The second-order valence-corrected chi connectivity index (χ2v) is 8.14. The number of hydrogen-bond donors (Lipinski definition) is 0. The maximum Gasteiger partial charge on any atom is 0.222 e. The van der Waals surface area contributed by atoms with Crippen molar-refractivity contribution >= 4 is 11.0 Å². The molecule has 0 bridgehead atoms. The second-order valence-electron chi connectivity index (χ2n) is 8.14. The van der Waals surface area contributed by atoms with Gasteiger partial charge in [0, 0.05) is 18.4 Å². The number of aryl methyl sites for hydroxylation is 2. The molecule has 0 aromatic carbocycles. The van der Waals surface area contributed by atoms with Gasteiger partial charge in [0.2, 0.25) is 5.88 Å². The van der Waals surface area contributed by atoms with Crippen LogP contribution in [-0.4, -0.2) is 21.6 Å². The molecule has 0 atom stereocenters. The molecular weight excluding hydrogens is 420 g/mol. The summed E-state index contributed by atoms with van der Waals surface area (Å²) in [7, 11) is 1.61. The maximum absolute atomic E-state index is 14.2. The molecule has 0 aliphatic rings. The minimum absolute atomic E-state index is 0.242. The van der Waals surface area contributed by atoms with Gasteiger partial charge in [-0.3, -0.25) is 0 Å². The number of terminal acetylenes is 1. The Morgan fingerprint density at radius 3 is 2.39 bits per heavy atom. The van der Waals surface area contributed by atoms with Gasteiger partial charge in [0.25, 0.3) is 0 Å². The molecule has 6 heteroatoms. The normalized spacial score (nSPS) is 12.4. The number of halogens is 2. The second kappa shape index (κ2) is 10.9. The van der Waals surface area contributed by atoms with Gasteiger partial charge in [-0.15, -0.1) is 12.8 Å². The number of nitrogens with zero attached hydrogens (tertiary/aromatic N) is 3. The van der Waals surface area contributed by atoms with Crippen LogP contribution in [0.15, 0.2) is 47.7 Å². The predicted octanol–water partition coefficient (Wildman–Crippen LogP) is 7.21. The first-order valence-electron chi connectivity index (χ1n) is 10.7. The zero-order valence-corrected chi connectivity index (χ0v) is 20.3. The Kier molecular flexibility index (Phi) is 8.53. The van der Waals surface area contributed by atoms with Gasteiger partial charge in [-0.2, -0.15) is 0 Å². The van der Waals surface area contributed by atoms with E-state index < -0.39 is 11.7 Å². The lowest BCUT2D eigenvalue weighted by molar-refractivity contribution is 0.397. The number of allylic oxidation sites excluding steroid dienone is 4. The van der Waals surface area contributed by atoms with Crippen molar-refractivity contribution in [2.24, 2.45) is 0 Å². The number of ether oxygens (including phenoxy) is 1. The van der Waals surface area contributed by atoms with Crippen molar-refractivity contribution in [2.45, 2.75) is 54.0 Å². The van der Waals surface area contributed by atoms with Crippen molar-refractivity contribution < 1.29 is 13.5 Å². The van der Waals surface area contributed by atoms with Crippen LogP contribution in [0.25, 0.3) is 22.3 Å². The van der Waals surface area contributed by atoms with Crippen LogP contribution in [0.1, 0.15) is 50.4 Å². The lowest BCUT2D eigenvalue weighted by atomic mass is 10.0. The fraction of sp³-hybridized carbons (Fsp3) is 0.333. The molecule has 33 heavy (non-hydrogen) atoms. The maximum atomic E-state index is 14.2. The molecule has 0 N–H and O–H groups in total. The van der Waals surface area contributed by atoms with E-state index in [-0.39, 0.29) is 6.54 Å². The molecular formula is C27H31F2N3O. The minimum Gasteiger partial charge on any atom is -0.480 e. The minimum atomic E-state index is -0.841. The summed E-state index contributed by atoms with van der Waals surface area (Å²) in [5, 5.41) is 0. The van der Waals surface area contributed by atoms with Crippen LogP contribution >= 0.6 is 0 Å². The highest BCUT2D eigenvalue weighted by molar-refractivity contribution is 5.85. The fourth-order valence-corrected chi connectivity index (χ4v) is 3.64. The van der Waals surface area contributed by atoms with Gasteiger partial charge in [0.15, 0.2) is 11.7 Å². The number of pyridine rings is 2. The highest BCUT2D eigenvalue weighted by Crippen LogP contribution is 2.34. The van der Waals surface area contributed by atoms with E-state index in [4.69, 9.17) is 9.72 Å². The van der Waals surface area contributed by atoms with Gasteiger partial charge in [0.05, 0.1) is 29.4 Å². The summed E-state index contributed by atoms with van der Waals surface area (Å²) in [5.74, 6) is -0.822. The Hall–Kier alpha value is -3.46. The largest absolute Gasteiger partial charge is 0.480 e. The van der Waals surface area contributed by atoms with Crippen LogP contribution in [0.5, 0.6) is 5.88 Å². The van der Waals surface area contributed by atoms with Crippen molar-refractivity contribution in [3.63, 3.8) is 0 Å². The van der Waals surface area contributed by atoms with Crippen molar-refractivity contribution in [1.82, 2.24) is 14.5 Å². The van der Waals surface area contributed by atoms with Crippen molar-refractivity contribution in [2.75, 3.05) is 7.11 Å². The summed E-state index contributed by atoms with van der Waals surface area (Å²) >= 11 is 0. The van der Waals surface area contributed by atoms with E-state index in [0.717, 1.165) is 45.2 Å². The average molecular weight is 452 g/mol. The topological polar surface area (TPSA) is 39.9 Å². The van der Waals surface area contributed by atoms with E-state index >= 15 is 0 Å². The average Bonchev–Trinajstić information content (AvgIpc) is 3.11. The van der Waals surface area contributed by atoms with E-state index in [1.54, 1.807) is 14.0 Å². The van der Waals surface area contributed by atoms with E-state index in [1.807, 2.05) is 42.8 Å². The van der Waals surface area contributed by atoms with Crippen LogP contribution in [0, 0.1) is 26.7 Å². The zero-order chi connectivity index (χ0) is 24.9. The zero-order valence-electron chi connectivity index (χ0n) is 20.3. The number of rotatable bonds is 6. The van der Waals surface area contributed by atoms with E-state index in [0.29, 0.717) is 17.4 Å². The fourth-order valence-electron chi connectivity index (χ4n) is 3.64. The molecule has 0 aliphatic carbocycles. The summed E-state index contributed by atoms with van der Waals surface area (Å²) in [6, 6.07) is 6.02. The molecule has 3 aromatic heterocycles. The molecule has 3 rings (SSSR count). The smallest absolute Gasteiger partial charge is 0.222 e. The molecule has 0 radical (unpaired) electrons. The lowest BCUT2D eigenvalue weighted by Crippen LogP contribution is -2.02.